The van der Waals surface area contributed by atoms with Crippen molar-refractivity contribution in [1.82, 2.24) is 15.1 Å². The van der Waals surface area contributed by atoms with Crippen LogP contribution in [0.4, 0.5) is 0 Å². The van der Waals surface area contributed by atoms with Gasteiger partial charge in [-0.2, -0.15) is 0 Å². The van der Waals surface area contributed by atoms with E-state index in [2.05, 4.69) is 29.0 Å². The van der Waals surface area contributed by atoms with Crippen LogP contribution in [0.25, 0.3) is 0 Å². The topological polar surface area (TPSA) is 44.8 Å². The maximum absolute atomic E-state index is 12.8. The fraction of sp³-hybridized carbons (Fsp3) is 0.941. The summed E-state index contributed by atoms with van der Waals surface area (Å²) < 4.78 is 5.22. The molecule has 2 rings (SSSR count). The number of methoxy groups -OCH3 is 1. The summed E-state index contributed by atoms with van der Waals surface area (Å²) in [6, 6.07) is 0.967. The average molecular weight is 311 g/mol. The van der Waals surface area contributed by atoms with Gasteiger partial charge in [-0.15, -0.1) is 0 Å². The molecule has 2 heterocycles. The lowest BCUT2D eigenvalue weighted by atomic mass is 9.91. The Bertz CT molecular complexity index is 351. The van der Waals surface area contributed by atoms with Crippen molar-refractivity contribution in [3.05, 3.63) is 0 Å². The van der Waals surface area contributed by atoms with Crippen LogP contribution in [0.5, 0.6) is 0 Å². The average Bonchev–Trinajstić information content (AvgIpc) is 2.53. The fourth-order valence-electron chi connectivity index (χ4n) is 3.82. The molecule has 0 aromatic carbocycles. The van der Waals surface area contributed by atoms with Crippen LogP contribution in [0.2, 0.25) is 0 Å². The first-order valence-electron chi connectivity index (χ1n) is 8.90. The predicted molar refractivity (Wildman–Crippen MR) is 88.9 cm³/mol. The van der Waals surface area contributed by atoms with Crippen LogP contribution in [-0.4, -0.2) is 74.2 Å². The van der Waals surface area contributed by atoms with Gasteiger partial charge in [0.2, 0.25) is 5.91 Å². The summed E-state index contributed by atoms with van der Waals surface area (Å²) >= 11 is 0. The monoisotopic (exact) mass is 311 g/mol. The lowest BCUT2D eigenvalue weighted by Gasteiger charge is -2.43. The molecule has 0 spiro atoms. The highest BCUT2D eigenvalue weighted by Gasteiger charge is 2.33. The van der Waals surface area contributed by atoms with Gasteiger partial charge in [-0.25, -0.2) is 0 Å². The van der Waals surface area contributed by atoms with Crippen molar-refractivity contribution in [3.63, 3.8) is 0 Å². The molecular weight excluding hydrogens is 278 g/mol. The highest BCUT2D eigenvalue weighted by Crippen LogP contribution is 2.22. The Hall–Kier alpha value is -0.650. The first kappa shape index (κ1) is 17.7. The molecule has 3 atom stereocenters. The van der Waals surface area contributed by atoms with Gasteiger partial charge in [0.1, 0.15) is 0 Å². The lowest BCUT2D eigenvalue weighted by Crippen LogP contribution is -2.57. The van der Waals surface area contributed by atoms with Crippen molar-refractivity contribution >= 4 is 5.91 Å². The zero-order valence-electron chi connectivity index (χ0n) is 14.5. The van der Waals surface area contributed by atoms with Crippen molar-refractivity contribution in [3.8, 4) is 0 Å². The van der Waals surface area contributed by atoms with E-state index in [9.17, 15) is 4.79 Å². The van der Waals surface area contributed by atoms with Gasteiger partial charge >= 0.3 is 0 Å². The number of hydrogen-bond acceptors (Lipinski definition) is 4. The van der Waals surface area contributed by atoms with Gasteiger partial charge in [-0.3, -0.25) is 9.69 Å². The summed E-state index contributed by atoms with van der Waals surface area (Å²) in [5.74, 6) is 0.616. The second-order valence-electron chi connectivity index (χ2n) is 6.83. The van der Waals surface area contributed by atoms with E-state index in [0.717, 1.165) is 58.6 Å². The number of nitrogens with zero attached hydrogens (tertiary/aromatic N) is 2. The molecule has 2 aliphatic heterocycles. The third-order valence-electron chi connectivity index (χ3n) is 5.09. The molecule has 1 N–H and O–H groups in total. The van der Waals surface area contributed by atoms with Crippen molar-refractivity contribution in [2.75, 3.05) is 46.4 Å². The summed E-state index contributed by atoms with van der Waals surface area (Å²) in [4.78, 5) is 17.5. The van der Waals surface area contributed by atoms with Crippen molar-refractivity contribution in [2.45, 2.75) is 51.6 Å². The quantitative estimate of drug-likeness (QED) is 0.804. The van der Waals surface area contributed by atoms with Crippen LogP contribution in [-0.2, 0) is 9.53 Å². The molecule has 1 unspecified atom stereocenters. The van der Waals surface area contributed by atoms with Gasteiger partial charge in [-0.1, -0.05) is 13.3 Å². The fourth-order valence-corrected chi connectivity index (χ4v) is 3.82. The standard InChI is InChI=1S/C17H33N3O2/c1-4-5-16-13-20(9-8-19(16)10-11-22-3)17(21)15-6-7-18-14(2)12-15/h14-16,18H,4-13H2,1-3H3/t14-,15-,16?/m0/s1. The van der Waals surface area contributed by atoms with Gasteiger partial charge in [-0.05, 0) is 32.7 Å². The maximum atomic E-state index is 12.8. The van der Waals surface area contributed by atoms with Crippen LogP contribution in [0.3, 0.4) is 0 Å². The lowest BCUT2D eigenvalue weighted by molar-refractivity contribution is -0.140. The molecular formula is C17H33N3O2. The third-order valence-corrected chi connectivity index (χ3v) is 5.09. The van der Waals surface area contributed by atoms with E-state index in [1.165, 1.54) is 6.42 Å². The SMILES string of the molecule is CCCC1CN(C(=O)[C@H]2CCN[C@@H](C)C2)CCN1CCOC. The van der Waals surface area contributed by atoms with Crippen molar-refractivity contribution < 1.29 is 9.53 Å². The number of hydrogen-bond donors (Lipinski definition) is 1. The smallest absolute Gasteiger partial charge is 0.225 e. The Morgan fingerprint density at radius 1 is 1.36 bits per heavy atom. The molecule has 0 bridgehead atoms. The molecule has 128 valence electrons. The van der Waals surface area contributed by atoms with Crippen LogP contribution in [0.1, 0.15) is 39.5 Å². The molecule has 5 heteroatoms. The summed E-state index contributed by atoms with van der Waals surface area (Å²) in [6.07, 6.45) is 4.31. The Morgan fingerprint density at radius 3 is 2.86 bits per heavy atom. The number of carbonyl (C=O) groups is 1. The molecule has 2 aliphatic rings. The molecule has 0 saturated carbocycles. The molecule has 22 heavy (non-hydrogen) atoms. The Kier molecular flexibility index (Phi) is 7.12. The van der Waals surface area contributed by atoms with Gasteiger partial charge in [0.25, 0.3) is 0 Å². The highest BCUT2D eigenvalue weighted by molar-refractivity contribution is 5.79. The second-order valence-corrected chi connectivity index (χ2v) is 6.83. The molecule has 0 aromatic rings. The Morgan fingerprint density at radius 2 is 2.18 bits per heavy atom. The zero-order valence-corrected chi connectivity index (χ0v) is 14.5. The van der Waals surface area contributed by atoms with E-state index in [1.54, 1.807) is 7.11 Å². The van der Waals surface area contributed by atoms with E-state index in [0.29, 0.717) is 18.0 Å². The Labute approximate surface area is 135 Å². The minimum atomic E-state index is 0.226. The van der Waals surface area contributed by atoms with E-state index in [-0.39, 0.29) is 5.92 Å². The first-order chi connectivity index (χ1) is 10.7. The number of amides is 1. The predicted octanol–water partition coefficient (Wildman–Crippen LogP) is 1.33. The maximum Gasteiger partial charge on any atom is 0.225 e. The normalized spacial score (nSPS) is 30.5. The zero-order chi connectivity index (χ0) is 15.9. The van der Waals surface area contributed by atoms with Gasteiger partial charge in [0.15, 0.2) is 0 Å². The first-order valence-corrected chi connectivity index (χ1v) is 8.90. The minimum absolute atomic E-state index is 0.226. The summed E-state index contributed by atoms with van der Waals surface area (Å²) in [5.41, 5.74) is 0. The third kappa shape index (κ3) is 4.67. The molecule has 5 nitrogen and oxygen atoms in total. The van der Waals surface area contributed by atoms with Crippen LogP contribution in [0, 0.1) is 5.92 Å². The van der Waals surface area contributed by atoms with Gasteiger partial charge in [0.05, 0.1) is 6.61 Å². The number of carbonyl (C=O) groups excluding carboxylic acids is 1. The van der Waals surface area contributed by atoms with Crippen LogP contribution in [0.15, 0.2) is 0 Å². The minimum Gasteiger partial charge on any atom is -0.383 e. The molecule has 0 aliphatic carbocycles. The number of piperidine rings is 1. The van der Waals surface area contributed by atoms with E-state index >= 15 is 0 Å². The summed E-state index contributed by atoms with van der Waals surface area (Å²) in [6.45, 7) is 9.90. The molecule has 2 saturated heterocycles. The van der Waals surface area contributed by atoms with E-state index < -0.39 is 0 Å². The van der Waals surface area contributed by atoms with E-state index in [4.69, 9.17) is 4.74 Å². The largest absolute Gasteiger partial charge is 0.383 e. The van der Waals surface area contributed by atoms with Crippen LogP contribution >= 0.6 is 0 Å². The van der Waals surface area contributed by atoms with Crippen LogP contribution < -0.4 is 5.32 Å². The van der Waals surface area contributed by atoms with E-state index in [1.807, 2.05) is 0 Å². The summed E-state index contributed by atoms with van der Waals surface area (Å²) in [5, 5.41) is 3.44. The highest BCUT2D eigenvalue weighted by atomic mass is 16.5. The number of piperazine rings is 1. The molecule has 1 amide bonds. The number of rotatable bonds is 6. The molecule has 0 aromatic heterocycles. The number of nitrogens with one attached hydrogen (secondary N) is 1. The number of ether oxygens (including phenoxy) is 1. The molecule has 2 fully saturated rings. The van der Waals surface area contributed by atoms with Crippen molar-refractivity contribution in [1.29, 1.82) is 0 Å². The second kappa shape index (κ2) is 8.85. The molecule has 0 radical (unpaired) electrons. The van der Waals surface area contributed by atoms with Crippen molar-refractivity contribution in [2.24, 2.45) is 5.92 Å². The van der Waals surface area contributed by atoms with Gasteiger partial charge < -0.3 is 15.0 Å². The summed E-state index contributed by atoms with van der Waals surface area (Å²) in [7, 11) is 1.76. The Balaban J connectivity index is 1.91. The van der Waals surface area contributed by atoms with Gasteiger partial charge in [0, 0.05) is 51.3 Å².